The van der Waals surface area contributed by atoms with Crippen LogP contribution >= 0.6 is 11.6 Å². The van der Waals surface area contributed by atoms with Crippen molar-refractivity contribution >= 4 is 17.4 Å². The lowest BCUT2D eigenvalue weighted by Gasteiger charge is -1.86. The summed E-state index contributed by atoms with van der Waals surface area (Å²) >= 11 is 5.40. The Morgan fingerprint density at radius 2 is 2.30 bits per heavy atom. The van der Waals surface area contributed by atoms with Crippen LogP contribution in [-0.2, 0) is 0 Å². The van der Waals surface area contributed by atoms with E-state index >= 15 is 0 Å². The van der Waals surface area contributed by atoms with Crippen LogP contribution in [0.25, 0.3) is 10.4 Å². The first-order chi connectivity index (χ1) is 4.83. The molecule has 0 bridgehead atoms. The first-order valence-electron chi connectivity index (χ1n) is 2.37. The summed E-state index contributed by atoms with van der Waals surface area (Å²) in [5, 5.41) is 10.4. The van der Waals surface area contributed by atoms with Gasteiger partial charge in [-0.15, -0.1) is 10.2 Å². The Kier molecular flexibility index (Phi) is 2.04. The second-order valence-electron chi connectivity index (χ2n) is 1.40. The van der Waals surface area contributed by atoms with Crippen molar-refractivity contribution in [3.8, 4) is 0 Å². The molecule has 6 heteroatoms. The molecule has 0 aliphatic rings. The predicted molar refractivity (Wildman–Crippen MR) is 35.8 cm³/mol. The van der Waals surface area contributed by atoms with Crippen molar-refractivity contribution in [3.63, 3.8) is 0 Å². The van der Waals surface area contributed by atoms with Crippen LogP contribution in [0.5, 0.6) is 0 Å². The summed E-state index contributed by atoms with van der Waals surface area (Å²) in [5.74, 6) is 0.215. The number of nitrogens with zero attached hydrogens (tertiary/aromatic N) is 5. The maximum atomic E-state index is 7.95. The molecule has 0 amide bonds. The summed E-state index contributed by atoms with van der Waals surface area (Å²) in [6.45, 7) is 0. The highest BCUT2D eigenvalue weighted by molar-refractivity contribution is 6.29. The maximum absolute atomic E-state index is 7.95. The van der Waals surface area contributed by atoms with E-state index in [0.29, 0.717) is 0 Å². The van der Waals surface area contributed by atoms with E-state index in [-0.39, 0.29) is 11.0 Å². The van der Waals surface area contributed by atoms with Gasteiger partial charge in [0.05, 0.1) is 0 Å². The molecule has 0 atom stereocenters. The first kappa shape index (κ1) is 6.80. The van der Waals surface area contributed by atoms with E-state index in [1.165, 1.54) is 12.1 Å². The zero-order chi connectivity index (χ0) is 7.40. The Hall–Kier alpha value is -1.32. The SMILES string of the molecule is [N-]=[N+]=Nc1ccc(Cl)nn1. The van der Waals surface area contributed by atoms with Crippen molar-refractivity contribution in [2.75, 3.05) is 0 Å². The molecule has 0 aromatic carbocycles. The number of hydrogen-bond donors (Lipinski definition) is 0. The lowest BCUT2D eigenvalue weighted by molar-refractivity contribution is 1.02. The Morgan fingerprint density at radius 3 is 2.80 bits per heavy atom. The van der Waals surface area contributed by atoms with E-state index in [4.69, 9.17) is 17.1 Å². The topological polar surface area (TPSA) is 74.5 Å². The summed E-state index contributed by atoms with van der Waals surface area (Å²) in [7, 11) is 0. The van der Waals surface area contributed by atoms with E-state index in [2.05, 4.69) is 20.2 Å². The minimum atomic E-state index is 0.215. The van der Waals surface area contributed by atoms with Crippen molar-refractivity contribution in [1.29, 1.82) is 0 Å². The van der Waals surface area contributed by atoms with E-state index in [1.54, 1.807) is 0 Å². The van der Waals surface area contributed by atoms with Crippen molar-refractivity contribution in [3.05, 3.63) is 27.7 Å². The highest BCUT2D eigenvalue weighted by Gasteiger charge is 1.89. The van der Waals surface area contributed by atoms with Gasteiger partial charge in [-0.25, -0.2) is 0 Å². The molecule has 0 saturated carbocycles. The number of halogens is 1. The second kappa shape index (κ2) is 3.00. The van der Waals surface area contributed by atoms with Crippen molar-refractivity contribution in [2.45, 2.75) is 0 Å². The molecule has 0 radical (unpaired) electrons. The Balaban J connectivity index is 3.00. The van der Waals surface area contributed by atoms with Gasteiger partial charge < -0.3 is 0 Å². The first-order valence-corrected chi connectivity index (χ1v) is 2.75. The third-order valence-corrected chi connectivity index (χ3v) is 0.967. The molecule has 1 aromatic heterocycles. The molecule has 5 nitrogen and oxygen atoms in total. The monoisotopic (exact) mass is 155 g/mol. The zero-order valence-corrected chi connectivity index (χ0v) is 5.52. The van der Waals surface area contributed by atoms with Gasteiger partial charge in [0, 0.05) is 4.91 Å². The maximum Gasteiger partial charge on any atom is 0.151 e. The molecule has 1 aromatic rings. The fraction of sp³-hybridized carbons (Fsp3) is 0. The van der Waals surface area contributed by atoms with Crippen LogP contribution in [0.4, 0.5) is 5.82 Å². The van der Waals surface area contributed by atoms with Crippen LogP contribution in [0.3, 0.4) is 0 Å². The lowest BCUT2D eigenvalue weighted by Crippen LogP contribution is -1.78. The summed E-state index contributed by atoms with van der Waals surface area (Å²) in [4.78, 5) is 2.52. The number of azide groups is 1. The highest BCUT2D eigenvalue weighted by Crippen LogP contribution is 2.08. The molecule has 0 aliphatic heterocycles. The van der Waals surface area contributed by atoms with Crippen LogP contribution in [0.2, 0.25) is 5.15 Å². The van der Waals surface area contributed by atoms with E-state index < -0.39 is 0 Å². The molecule has 0 N–H and O–H groups in total. The molecule has 0 spiro atoms. The molecule has 0 aliphatic carbocycles. The third kappa shape index (κ3) is 1.58. The minimum Gasteiger partial charge on any atom is -0.147 e. The van der Waals surface area contributed by atoms with Crippen LogP contribution in [-0.4, -0.2) is 10.2 Å². The third-order valence-electron chi connectivity index (χ3n) is 0.765. The minimum absolute atomic E-state index is 0.215. The largest absolute Gasteiger partial charge is 0.151 e. The molecule has 0 unspecified atom stereocenters. The van der Waals surface area contributed by atoms with Crippen LogP contribution in [0.1, 0.15) is 0 Å². The fourth-order valence-corrected chi connectivity index (χ4v) is 0.509. The van der Waals surface area contributed by atoms with Gasteiger partial charge in [0.15, 0.2) is 5.15 Å². The Bertz CT molecular complexity index is 261. The average molecular weight is 156 g/mol. The summed E-state index contributed by atoms with van der Waals surface area (Å²) in [6, 6.07) is 2.98. The summed E-state index contributed by atoms with van der Waals surface area (Å²) < 4.78 is 0. The highest BCUT2D eigenvalue weighted by atomic mass is 35.5. The standard InChI is InChI=1S/C4H2ClN5/c5-3-1-2-4(8-7-3)9-10-6/h1-2H. The second-order valence-corrected chi connectivity index (χ2v) is 1.79. The number of aromatic nitrogens is 2. The molecule has 1 heterocycles. The normalized spacial score (nSPS) is 8.50. The van der Waals surface area contributed by atoms with Gasteiger partial charge in [-0.3, -0.25) is 0 Å². The van der Waals surface area contributed by atoms with Crippen LogP contribution in [0, 0.1) is 0 Å². The van der Waals surface area contributed by atoms with Crippen LogP contribution in [0.15, 0.2) is 17.2 Å². The van der Waals surface area contributed by atoms with Gasteiger partial charge in [-0.05, 0) is 22.8 Å². The Morgan fingerprint density at radius 1 is 1.50 bits per heavy atom. The van der Waals surface area contributed by atoms with Crippen molar-refractivity contribution in [1.82, 2.24) is 10.2 Å². The van der Waals surface area contributed by atoms with Gasteiger partial charge in [0.2, 0.25) is 0 Å². The van der Waals surface area contributed by atoms with Gasteiger partial charge in [-0.2, -0.15) is 0 Å². The summed E-state index contributed by atoms with van der Waals surface area (Å²) in [5.41, 5.74) is 7.95. The predicted octanol–water partition coefficient (Wildman–Crippen LogP) is 2.07. The van der Waals surface area contributed by atoms with Crippen molar-refractivity contribution in [2.24, 2.45) is 5.11 Å². The van der Waals surface area contributed by atoms with Crippen molar-refractivity contribution < 1.29 is 0 Å². The molecular formula is C4H2ClN5. The quantitative estimate of drug-likeness (QED) is 0.354. The number of hydrogen-bond acceptors (Lipinski definition) is 3. The van der Waals surface area contributed by atoms with E-state index in [0.717, 1.165) is 0 Å². The Labute approximate surface area is 61.3 Å². The zero-order valence-electron chi connectivity index (χ0n) is 4.77. The lowest BCUT2D eigenvalue weighted by atomic mass is 10.5. The molecule has 0 saturated heterocycles. The van der Waals surface area contributed by atoms with E-state index in [1.807, 2.05) is 0 Å². The molecule has 50 valence electrons. The summed E-state index contributed by atoms with van der Waals surface area (Å²) in [6.07, 6.45) is 0. The van der Waals surface area contributed by atoms with Crippen LogP contribution < -0.4 is 0 Å². The molecule has 0 fully saturated rings. The van der Waals surface area contributed by atoms with Gasteiger partial charge >= 0.3 is 0 Å². The number of rotatable bonds is 1. The smallest absolute Gasteiger partial charge is 0.147 e. The van der Waals surface area contributed by atoms with Gasteiger partial charge in [0.25, 0.3) is 0 Å². The molecular weight excluding hydrogens is 154 g/mol. The van der Waals surface area contributed by atoms with Gasteiger partial charge in [-0.1, -0.05) is 11.6 Å². The molecule has 10 heavy (non-hydrogen) atoms. The molecule has 1 rings (SSSR count). The van der Waals surface area contributed by atoms with Gasteiger partial charge in [0.1, 0.15) is 5.82 Å². The van der Waals surface area contributed by atoms with E-state index in [9.17, 15) is 0 Å². The fourth-order valence-electron chi connectivity index (χ4n) is 0.408. The average Bonchev–Trinajstić information content (AvgIpc) is 1.95.